The van der Waals surface area contributed by atoms with Crippen LogP contribution in [0, 0.1) is 0 Å². The molecular weight excluding hydrogens is 396 g/mol. The first kappa shape index (κ1) is 17.4. The molecule has 1 aromatic carbocycles. The normalized spacial score (nSPS) is 13.5. The zero-order valence-corrected chi connectivity index (χ0v) is 16.6. The molecule has 0 unspecified atom stereocenters. The molecule has 142 valence electrons. The van der Waals surface area contributed by atoms with Gasteiger partial charge in [0.25, 0.3) is 5.56 Å². The van der Waals surface area contributed by atoms with Gasteiger partial charge in [0.15, 0.2) is 10.9 Å². The molecule has 3 heterocycles. The number of carbonyl (C=O) groups excluding carboxylic acids is 1. The highest BCUT2D eigenvalue weighted by Crippen LogP contribution is 2.35. The zero-order valence-electron chi connectivity index (χ0n) is 15.0. The SMILES string of the molecule is Cn1c(SCC(=O)c2ccc3[nH]c(=O)[nH]c3c2)nc2sc3c(c2c1=O)CCC3. The van der Waals surface area contributed by atoms with Gasteiger partial charge < -0.3 is 9.97 Å². The van der Waals surface area contributed by atoms with Crippen LogP contribution in [-0.2, 0) is 19.9 Å². The largest absolute Gasteiger partial charge is 0.323 e. The van der Waals surface area contributed by atoms with Crippen LogP contribution in [-0.4, -0.2) is 31.1 Å². The van der Waals surface area contributed by atoms with E-state index in [1.165, 1.54) is 16.6 Å². The van der Waals surface area contributed by atoms with Crippen LogP contribution in [0.5, 0.6) is 0 Å². The second kappa shape index (κ2) is 6.46. The molecule has 28 heavy (non-hydrogen) atoms. The van der Waals surface area contributed by atoms with Gasteiger partial charge in [-0.05, 0) is 43.0 Å². The van der Waals surface area contributed by atoms with Crippen molar-refractivity contribution in [1.82, 2.24) is 19.5 Å². The Labute approximate surface area is 166 Å². The van der Waals surface area contributed by atoms with Crippen molar-refractivity contribution in [3.05, 3.63) is 55.0 Å². The maximum absolute atomic E-state index is 12.8. The van der Waals surface area contributed by atoms with Crippen molar-refractivity contribution in [3.8, 4) is 0 Å². The number of nitrogens with one attached hydrogen (secondary N) is 2. The summed E-state index contributed by atoms with van der Waals surface area (Å²) in [4.78, 5) is 48.8. The molecule has 0 fully saturated rings. The summed E-state index contributed by atoms with van der Waals surface area (Å²) in [6.07, 6.45) is 3.06. The van der Waals surface area contributed by atoms with Crippen molar-refractivity contribution in [2.45, 2.75) is 24.4 Å². The van der Waals surface area contributed by atoms with Gasteiger partial charge in [-0.15, -0.1) is 11.3 Å². The third kappa shape index (κ3) is 2.73. The number of thioether (sulfide) groups is 1. The first-order valence-electron chi connectivity index (χ1n) is 8.90. The molecule has 0 amide bonds. The summed E-state index contributed by atoms with van der Waals surface area (Å²) in [7, 11) is 1.71. The van der Waals surface area contributed by atoms with Gasteiger partial charge in [0, 0.05) is 17.5 Å². The van der Waals surface area contributed by atoms with Crippen LogP contribution < -0.4 is 11.2 Å². The van der Waals surface area contributed by atoms with E-state index in [0.717, 1.165) is 35.0 Å². The van der Waals surface area contributed by atoms with E-state index in [2.05, 4.69) is 15.0 Å². The lowest BCUT2D eigenvalue weighted by Gasteiger charge is -2.07. The van der Waals surface area contributed by atoms with Gasteiger partial charge in [0.2, 0.25) is 0 Å². The fourth-order valence-corrected chi connectivity index (χ4v) is 5.82. The fourth-order valence-electron chi connectivity index (χ4n) is 3.65. The van der Waals surface area contributed by atoms with E-state index in [0.29, 0.717) is 21.8 Å². The molecule has 9 heteroatoms. The molecule has 4 aromatic rings. The average molecular weight is 412 g/mol. The van der Waals surface area contributed by atoms with Crippen LogP contribution in [0.15, 0.2) is 32.9 Å². The lowest BCUT2D eigenvalue weighted by atomic mass is 10.1. The minimum Gasteiger partial charge on any atom is -0.306 e. The molecule has 0 aliphatic heterocycles. The second-order valence-corrected chi connectivity index (χ2v) is 8.87. The van der Waals surface area contributed by atoms with E-state index in [1.807, 2.05) is 0 Å². The Hall–Kier alpha value is -2.65. The lowest BCUT2D eigenvalue weighted by molar-refractivity contribution is 0.102. The van der Waals surface area contributed by atoms with Gasteiger partial charge in [0.1, 0.15) is 4.83 Å². The van der Waals surface area contributed by atoms with Crippen molar-refractivity contribution in [1.29, 1.82) is 0 Å². The Balaban J connectivity index is 1.43. The predicted octanol–water partition coefficient (Wildman–Crippen LogP) is 2.63. The second-order valence-electron chi connectivity index (χ2n) is 6.85. The van der Waals surface area contributed by atoms with Gasteiger partial charge >= 0.3 is 5.69 Å². The molecule has 0 saturated heterocycles. The third-order valence-electron chi connectivity index (χ3n) is 5.08. The molecule has 0 spiro atoms. The Morgan fingerprint density at radius 1 is 1.25 bits per heavy atom. The molecule has 5 rings (SSSR count). The average Bonchev–Trinajstić information content (AvgIpc) is 3.35. The summed E-state index contributed by atoms with van der Waals surface area (Å²) in [5.41, 5.74) is 2.59. The number of fused-ring (bicyclic) bond motifs is 4. The Kier molecular flexibility index (Phi) is 4.02. The van der Waals surface area contributed by atoms with Crippen molar-refractivity contribution < 1.29 is 4.79 Å². The molecule has 0 bridgehead atoms. The van der Waals surface area contributed by atoms with Gasteiger partial charge in [-0.1, -0.05) is 11.8 Å². The number of aryl methyl sites for hydroxylation is 2. The van der Waals surface area contributed by atoms with Crippen molar-refractivity contribution in [3.63, 3.8) is 0 Å². The summed E-state index contributed by atoms with van der Waals surface area (Å²) >= 11 is 2.86. The number of H-pyrrole nitrogens is 2. The van der Waals surface area contributed by atoms with Crippen LogP contribution in [0.3, 0.4) is 0 Å². The number of hydrogen-bond acceptors (Lipinski definition) is 6. The minimum atomic E-state index is -0.302. The highest BCUT2D eigenvalue weighted by atomic mass is 32.2. The number of benzene rings is 1. The van der Waals surface area contributed by atoms with Gasteiger partial charge in [-0.25, -0.2) is 9.78 Å². The Morgan fingerprint density at radius 3 is 2.93 bits per heavy atom. The van der Waals surface area contributed by atoms with E-state index < -0.39 is 0 Å². The Bertz CT molecular complexity index is 1380. The molecule has 0 atom stereocenters. The van der Waals surface area contributed by atoms with Gasteiger partial charge in [-0.3, -0.25) is 14.2 Å². The molecule has 7 nitrogen and oxygen atoms in total. The maximum Gasteiger partial charge on any atom is 0.323 e. The molecular formula is C19H16N4O3S2. The number of imidazole rings is 1. The highest BCUT2D eigenvalue weighted by molar-refractivity contribution is 7.99. The van der Waals surface area contributed by atoms with Crippen LogP contribution in [0.4, 0.5) is 0 Å². The zero-order chi connectivity index (χ0) is 19.4. The van der Waals surface area contributed by atoms with E-state index in [-0.39, 0.29) is 22.8 Å². The van der Waals surface area contributed by atoms with Gasteiger partial charge in [0.05, 0.1) is 22.2 Å². The first-order chi connectivity index (χ1) is 13.5. The summed E-state index contributed by atoms with van der Waals surface area (Å²) in [6, 6.07) is 5.06. The Morgan fingerprint density at radius 2 is 2.07 bits per heavy atom. The topological polar surface area (TPSA) is 101 Å². The van der Waals surface area contributed by atoms with Crippen LogP contribution in [0.25, 0.3) is 21.3 Å². The lowest BCUT2D eigenvalue weighted by Crippen LogP contribution is -2.20. The van der Waals surface area contributed by atoms with Gasteiger partial charge in [-0.2, -0.15) is 0 Å². The number of aromatic nitrogens is 4. The quantitative estimate of drug-likeness (QED) is 0.305. The maximum atomic E-state index is 12.8. The van der Waals surface area contributed by atoms with Crippen LogP contribution in [0.2, 0.25) is 0 Å². The number of Topliss-reactive ketones (excluding diaryl/α,β-unsaturated/α-hetero) is 1. The molecule has 2 N–H and O–H groups in total. The van der Waals surface area contributed by atoms with Crippen LogP contribution in [0.1, 0.15) is 27.2 Å². The number of rotatable bonds is 4. The molecule has 3 aromatic heterocycles. The molecule has 1 aliphatic carbocycles. The molecule has 0 radical (unpaired) electrons. The highest BCUT2D eigenvalue weighted by Gasteiger charge is 2.22. The number of nitrogens with zero attached hydrogens (tertiary/aromatic N) is 2. The number of aromatic amines is 2. The van der Waals surface area contributed by atoms with E-state index in [9.17, 15) is 14.4 Å². The summed E-state index contributed by atoms with van der Waals surface area (Å²) in [6.45, 7) is 0. The van der Waals surface area contributed by atoms with Crippen molar-refractivity contribution >= 4 is 50.1 Å². The van der Waals surface area contributed by atoms with E-state index in [4.69, 9.17) is 0 Å². The van der Waals surface area contributed by atoms with Crippen molar-refractivity contribution in [2.24, 2.45) is 7.05 Å². The summed E-state index contributed by atoms with van der Waals surface area (Å²) < 4.78 is 1.54. The third-order valence-corrected chi connectivity index (χ3v) is 7.29. The first-order valence-corrected chi connectivity index (χ1v) is 10.7. The summed E-state index contributed by atoms with van der Waals surface area (Å²) in [5, 5.41) is 1.29. The minimum absolute atomic E-state index is 0.0364. The number of hydrogen-bond donors (Lipinski definition) is 2. The molecule has 1 aliphatic rings. The number of carbonyl (C=O) groups is 1. The predicted molar refractivity (Wildman–Crippen MR) is 111 cm³/mol. The van der Waals surface area contributed by atoms with Crippen LogP contribution >= 0.6 is 23.1 Å². The number of thiophene rings is 1. The fraction of sp³-hybridized carbons (Fsp3) is 0.263. The smallest absolute Gasteiger partial charge is 0.306 e. The number of ketones is 1. The van der Waals surface area contributed by atoms with Crippen molar-refractivity contribution in [2.75, 3.05) is 5.75 Å². The summed E-state index contributed by atoms with van der Waals surface area (Å²) in [5.74, 6) is 0.0776. The van der Waals surface area contributed by atoms with E-state index in [1.54, 1.807) is 41.2 Å². The standard InChI is InChI=1S/C19H16N4O3S2/c1-23-17(25)15-10-3-2-4-14(10)28-16(15)22-19(23)27-8-13(24)9-5-6-11-12(7-9)21-18(26)20-11/h5-7H,2-4,8H2,1H3,(H2,20,21,26). The van der Waals surface area contributed by atoms with E-state index >= 15 is 0 Å². The monoisotopic (exact) mass is 412 g/mol. The molecule has 0 saturated carbocycles.